The number of unbranched alkanes of at least 4 members (excludes halogenated alkanes) is 8. The van der Waals surface area contributed by atoms with Crippen molar-refractivity contribution in [1.82, 2.24) is 5.32 Å². The molecule has 0 aromatic heterocycles. The van der Waals surface area contributed by atoms with Crippen LogP contribution in [0.15, 0.2) is 0 Å². The Morgan fingerprint density at radius 3 is 1.88 bits per heavy atom. The average molecular weight is 240 g/mol. The summed E-state index contributed by atoms with van der Waals surface area (Å²) >= 11 is 0. The Morgan fingerprint density at radius 2 is 1.35 bits per heavy atom. The zero-order chi connectivity index (χ0) is 12.8. The van der Waals surface area contributed by atoms with Crippen LogP contribution in [-0.2, 0) is 0 Å². The molecule has 0 rings (SSSR count). The molecule has 1 heteroatoms. The quantitative estimate of drug-likeness (QED) is 0.422. The Balaban J connectivity index is 3.02. The van der Waals surface area contributed by atoms with Gasteiger partial charge >= 0.3 is 0 Å². The maximum Gasteiger partial charge on any atom is 0.0221 e. The van der Waals surface area contributed by atoms with E-state index in [2.05, 4.69) is 32.6 Å². The van der Waals surface area contributed by atoms with Gasteiger partial charge in [0.1, 0.15) is 0 Å². The first-order chi connectivity index (χ1) is 8.31. The smallest absolute Gasteiger partial charge is 0.0221 e. The van der Waals surface area contributed by atoms with E-state index in [9.17, 15) is 0 Å². The van der Waals surface area contributed by atoms with Gasteiger partial charge in [-0.1, -0.05) is 71.6 Å². The fourth-order valence-corrected chi connectivity index (χ4v) is 2.16. The van der Waals surface area contributed by atoms with E-state index in [0.29, 0.717) is 6.04 Å². The lowest BCUT2D eigenvalue weighted by atomic mass is 10.0. The van der Waals surface area contributed by atoms with Crippen molar-refractivity contribution in [2.75, 3.05) is 0 Å². The van der Waals surface area contributed by atoms with Gasteiger partial charge in [0.15, 0.2) is 0 Å². The molecule has 0 heterocycles. The van der Waals surface area contributed by atoms with Crippen molar-refractivity contribution in [1.29, 1.82) is 0 Å². The van der Waals surface area contributed by atoms with Crippen LogP contribution in [0.4, 0.5) is 0 Å². The lowest BCUT2D eigenvalue weighted by molar-refractivity contribution is 0.499. The van der Waals surface area contributed by atoms with E-state index in [4.69, 9.17) is 0 Å². The third-order valence-corrected chi connectivity index (χ3v) is 3.35. The Hall–Kier alpha value is -0.0400. The third kappa shape index (κ3) is 13.9. The Kier molecular flexibility index (Phi) is 14.0. The van der Waals surface area contributed by atoms with Gasteiger partial charge < -0.3 is 5.32 Å². The highest BCUT2D eigenvalue weighted by molar-refractivity contribution is 4.66. The van der Waals surface area contributed by atoms with Crippen LogP contribution < -0.4 is 5.32 Å². The minimum absolute atomic E-state index is 0.666. The van der Waals surface area contributed by atoms with Gasteiger partial charge in [-0.15, -0.1) is 0 Å². The largest absolute Gasteiger partial charge is 0.310 e. The molecule has 0 saturated carbocycles. The van der Waals surface area contributed by atoms with E-state index in [1.165, 1.54) is 64.2 Å². The minimum Gasteiger partial charge on any atom is -0.310 e. The van der Waals surface area contributed by atoms with Gasteiger partial charge in [-0.2, -0.15) is 0 Å². The first-order valence-corrected chi connectivity index (χ1v) is 7.89. The highest BCUT2D eigenvalue weighted by Gasteiger charge is 1.99. The first kappa shape index (κ1) is 17.0. The molecular weight excluding hydrogens is 206 g/mol. The molecule has 0 aromatic carbocycles. The lowest BCUT2D eigenvalue weighted by Gasteiger charge is -2.12. The van der Waals surface area contributed by atoms with Crippen molar-refractivity contribution < 1.29 is 0 Å². The molecule has 0 bridgehead atoms. The van der Waals surface area contributed by atoms with Crippen LogP contribution in [0.5, 0.6) is 0 Å². The molecular formula is C16H34N. The molecule has 0 aromatic rings. The summed E-state index contributed by atoms with van der Waals surface area (Å²) in [6, 6.07) is 0.666. The van der Waals surface area contributed by atoms with Gasteiger partial charge in [0, 0.05) is 12.6 Å². The molecule has 1 radical (unpaired) electrons. The Morgan fingerprint density at radius 1 is 0.824 bits per heavy atom. The zero-order valence-electron chi connectivity index (χ0n) is 12.4. The van der Waals surface area contributed by atoms with Crippen molar-refractivity contribution >= 4 is 0 Å². The van der Waals surface area contributed by atoms with Crippen LogP contribution in [0.25, 0.3) is 0 Å². The van der Waals surface area contributed by atoms with E-state index in [1.54, 1.807) is 0 Å². The van der Waals surface area contributed by atoms with Crippen molar-refractivity contribution in [3.63, 3.8) is 0 Å². The topological polar surface area (TPSA) is 12.0 Å². The Labute approximate surface area is 110 Å². The summed E-state index contributed by atoms with van der Waals surface area (Å²) in [7, 11) is 0. The molecule has 103 valence electrons. The summed E-state index contributed by atoms with van der Waals surface area (Å²) in [5, 5.41) is 3.43. The summed E-state index contributed by atoms with van der Waals surface area (Å²) in [6.07, 6.45) is 15.3. The van der Waals surface area contributed by atoms with E-state index >= 15 is 0 Å². The second-order valence-corrected chi connectivity index (χ2v) is 5.30. The highest BCUT2D eigenvalue weighted by Crippen LogP contribution is 2.11. The van der Waals surface area contributed by atoms with Crippen LogP contribution in [0.2, 0.25) is 0 Å². The van der Waals surface area contributed by atoms with Crippen LogP contribution in [-0.4, -0.2) is 6.04 Å². The second kappa shape index (κ2) is 14.0. The van der Waals surface area contributed by atoms with Crippen LogP contribution in [0.3, 0.4) is 0 Å². The van der Waals surface area contributed by atoms with E-state index in [0.717, 1.165) is 6.42 Å². The summed E-state index contributed by atoms with van der Waals surface area (Å²) in [6.45, 7) is 8.93. The summed E-state index contributed by atoms with van der Waals surface area (Å²) < 4.78 is 0. The van der Waals surface area contributed by atoms with Gasteiger partial charge in [0.25, 0.3) is 0 Å². The number of rotatable bonds is 13. The molecule has 1 N–H and O–H groups in total. The molecule has 0 saturated heterocycles. The van der Waals surface area contributed by atoms with Gasteiger partial charge in [-0.25, -0.2) is 0 Å². The zero-order valence-corrected chi connectivity index (χ0v) is 12.4. The standard InChI is InChI=1S/C16H34N/c1-4-6-7-8-9-10-11-12-13-14-16(3)17-15-5-2/h15-17H,4-14H2,1-3H3. The highest BCUT2D eigenvalue weighted by atomic mass is 14.9. The molecule has 1 nitrogen and oxygen atoms in total. The third-order valence-electron chi connectivity index (χ3n) is 3.35. The van der Waals surface area contributed by atoms with Crippen LogP contribution in [0, 0.1) is 6.54 Å². The van der Waals surface area contributed by atoms with Crippen LogP contribution >= 0.6 is 0 Å². The maximum absolute atomic E-state index is 3.43. The molecule has 0 spiro atoms. The van der Waals surface area contributed by atoms with Crippen molar-refractivity contribution in [3.8, 4) is 0 Å². The fourth-order valence-electron chi connectivity index (χ4n) is 2.16. The van der Waals surface area contributed by atoms with E-state index < -0.39 is 0 Å². The van der Waals surface area contributed by atoms with E-state index in [-0.39, 0.29) is 0 Å². The summed E-state index contributed by atoms with van der Waals surface area (Å²) in [5.41, 5.74) is 0. The molecule has 1 unspecified atom stereocenters. The maximum atomic E-state index is 3.43. The second-order valence-electron chi connectivity index (χ2n) is 5.30. The molecule has 1 atom stereocenters. The Bertz CT molecular complexity index is 133. The average Bonchev–Trinajstić information content (AvgIpc) is 2.34. The lowest BCUT2D eigenvalue weighted by Crippen LogP contribution is -2.22. The van der Waals surface area contributed by atoms with Crippen molar-refractivity contribution in [3.05, 3.63) is 6.54 Å². The van der Waals surface area contributed by atoms with Gasteiger partial charge in [-0.3, -0.25) is 0 Å². The van der Waals surface area contributed by atoms with Crippen molar-refractivity contribution in [2.45, 2.75) is 97.4 Å². The summed E-state index contributed by atoms with van der Waals surface area (Å²) in [4.78, 5) is 0. The number of hydrogen-bond donors (Lipinski definition) is 1. The van der Waals surface area contributed by atoms with Gasteiger partial charge in [0.2, 0.25) is 0 Å². The normalized spacial score (nSPS) is 12.9. The number of hydrogen-bond acceptors (Lipinski definition) is 1. The monoisotopic (exact) mass is 240 g/mol. The first-order valence-electron chi connectivity index (χ1n) is 7.89. The fraction of sp³-hybridized carbons (Fsp3) is 0.938. The van der Waals surface area contributed by atoms with Crippen molar-refractivity contribution in [2.24, 2.45) is 0 Å². The molecule has 17 heavy (non-hydrogen) atoms. The predicted molar refractivity (Wildman–Crippen MR) is 79.0 cm³/mol. The molecule has 0 aliphatic carbocycles. The SMILES string of the molecule is CC[CH]NC(C)CCCCCCCCCCC. The van der Waals surface area contributed by atoms with Gasteiger partial charge in [0.05, 0.1) is 0 Å². The predicted octanol–water partition coefficient (Wildman–Crippen LogP) is 5.46. The summed E-state index contributed by atoms with van der Waals surface area (Å²) in [5.74, 6) is 0. The van der Waals surface area contributed by atoms with E-state index in [1.807, 2.05) is 0 Å². The molecule has 0 aliphatic heterocycles. The van der Waals surface area contributed by atoms with Crippen LogP contribution in [0.1, 0.15) is 91.4 Å². The molecule has 0 amide bonds. The number of nitrogens with one attached hydrogen (secondary N) is 1. The molecule has 0 aliphatic rings. The molecule has 0 fully saturated rings. The minimum atomic E-state index is 0.666. The van der Waals surface area contributed by atoms with Gasteiger partial charge in [-0.05, 0) is 19.8 Å².